The van der Waals surface area contributed by atoms with Gasteiger partial charge in [0.2, 0.25) is 15.9 Å². The second-order valence-electron chi connectivity index (χ2n) is 7.56. The number of primary sulfonamides is 1. The van der Waals surface area contributed by atoms with Crippen LogP contribution in [0.1, 0.15) is 5.56 Å². The summed E-state index contributed by atoms with van der Waals surface area (Å²) >= 11 is 5.39. The summed E-state index contributed by atoms with van der Waals surface area (Å²) in [6.45, 7) is 1.94. The summed E-state index contributed by atoms with van der Waals surface area (Å²) in [5.41, 5.74) is 2.33. The number of nitrogens with zero attached hydrogens (tertiary/aromatic N) is 2. The van der Waals surface area contributed by atoms with Crippen LogP contribution in [0.5, 0.6) is 0 Å². The van der Waals surface area contributed by atoms with Crippen LogP contribution < -0.4 is 16.0 Å². The summed E-state index contributed by atoms with van der Waals surface area (Å²) in [5.74, 6) is -0.231. The summed E-state index contributed by atoms with van der Waals surface area (Å²) in [7, 11) is -3.89. The number of thioether (sulfide) groups is 1. The van der Waals surface area contributed by atoms with E-state index in [2.05, 4.69) is 50.5 Å². The van der Waals surface area contributed by atoms with Gasteiger partial charge in [0.25, 0.3) is 5.56 Å². The highest BCUT2D eigenvalue weighted by molar-refractivity contribution is 14.1. The summed E-state index contributed by atoms with van der Waals surface area (Å²) in [6.07, 6.45) is 0. The van der Waals surface area contributed by atoms with Gasteiger partial charge in [0.1, 0.15) is 0 Å². The largest absolute Gasteiger partial charge is 0.325 e. The van der Waals surface area contributed by atoms with Crippen molar-refractivity contribution in [2.45, 2.75) is 17.0 Å². The Hall–Kier alpha value is -2.01. The third kappa shape index (κ3) is 6.04. The molecule has 0 fully saturated rings. The monoisotopic (exact) mass is 732 g/mol. The maximum atomic E-state index is 13.6. The topological polar surface area (TPSA) is 124 Å². The van der Waals surface area contributed by atoms with Crippen LogP contribution in [0, 0.1) is 14.1 Å². The van der Waals surface area contributed by atoms with E-state index in [-0.39, 0.29) is 22.1 Å². The molecule has 4 rings (SSSR count). The first-order chi connectivity index (χ1) is 16.5. The number of sulfonamides is 1. The zero-order valence-electron chi connectivity index (χ0n) is 18.2. The lowest BCUT2D eigenvalue weighted by Crippen LogP contribution is -2.23. The highest BCUT2D eigenvalue weighted by Crippen LogP contribution is 2.26. The van der Waals surface area contributed by atoms with Gasteiger partial charge in [-0.05, 0) is 106 Å². The van der Waals surface area contributed by atoms with Gasteiger partial charge >= 0.3 is 0 Å². The second-order valence-corrected chi connectivity index (χ2v) is 12.5. The van der Waals surface area contributed by atoms with Crippen LogP contribution in [0.3, 0.4) is 0 Å². The van der Waals surface area contributed by atoms with E-state index in [0.717, 1.165) is 24.5 Å². The van der Waals surface area contributed by atoms with Crippen LogP contribution in [0.4, 0.5) is 5.69 Å². The van der Waals surface area contributed by atoms with E-state index in [1.54, 1.807) is 12.1 Å². The zero-order valence-corrected chi connectivity index (χ0v) is 24.1. The molecular weight excluding hydrogens is 714 g/mol. The molecule has 0 radical (unpaired) electrons. The Morgan fingerprint density at radius 3 is 2.49 bits per heavy atom. The highest BCUT2D eigenvalue weighted by Gasteiger charge is 2.18. The van der Waals surface area contributed by atoms with Crippen molar-refractivity contribution in [3.63, 3.8) is 0 Å². The molecule has 0 aliphatic heterocycles. The number of halogens is 2. The number of aromatic nitrogens is 2. The van der Waals surface area contributed by atoms with Gasteiger partial charge in [0.15, 0.2) is 5.16 Å². The number of fused-ring (bicyclic) bond motifs is 1. The summed E-state index contributed by atoms with van der Waals surface area (Å²) in [6, 6.07) is 16.8. The SMILES string of the molecule is Cc1cccc(NC(=O)CSc2nc3c(I)cc(I)cc3c(=O)n2-c2ccc(S(N)(=O)=O)cc2)c1. The fourth-order valence-corrected chi connectivity index (χ4v) is 6.64. The molecule has 0 saturated heterocycles. The molecule has 0 aliphatic carbocycles. The van der Waals surface area contributed by atoms with E-state index in [0.29, 0.717) is 27.4 Å². The number of carbonyl (C=O) groups is 1. The predicted octanol–water partition coefficient (Wildman–Crippen LogP) is 4.28. The normalized spacial score (nSPS) is 11.5. The van der Waals surface area contributed by atoms with E-state index in [4.69, 9.17) is 10.1 Å². The van der Waals surface area contributed by atoms with Crippen LogP contribution in [0.15, 0.2) is 75.5 Å². The number of nitrogens with one attached hydrogen (secondary N) is 1. The molecule has 12 heteroatoms. The molecule has 3 N–H and O–H groups in total. The van der Waals surface area contributed by atoms with Gasteiger partial charge in [-0.2, -0.15) is 0 Å². The number of benzene rings is 3. The van der Waals surface area contributed by atoms with E-state index in [1.165, 1.54) is 28.8 Å². The van der Waals surface area contributed by atoms with Gasteiger partial charge in [-0.3, -0.25) is 14.2 Å². The van der Waals surface area contributed by atoms with Crippen LogP contribution >= 0.6 is 56.9 Å². The molecule has 0 spiro atoms. The van der Waals surface area contributed by atoms with Gasteiger partial charge in [-0.15, -0.1) is 0 Å². The third-order valence-electron chi connectivity index (χ3n) is 4.92. The van der Waals surface area contributed by atoms with Gasteiger partial charge in [0, 0.05) is 12.8 Å². The van der Waals surface area contributed by atoms with Gasteiger partial charge in [-0.1, -0.05) is 23.9 Å². The number of anilines is 1. The van der Waals surface area contributed by atoms with Crippen LogP contribution in [0.25, 0.3) is 16.6 Å². The van der Waals surface area contributed by atoms with Crippen LogP contribution in [-0.4, -0.2) is 29.6 Å². The first-order valence-corrected chi connectivity index (χ1v) is 14.8. The minimum atomic E-state index is -3.89. The molecule has 0 aliphatic rings. The Morgan fingerprint density at radius 2 is 1.83 bits per heavy atom. The maximum absolute atomic E-state index is 13.6. The molecule has 4 aromatic rings. The lowest BCUT2D eigenvalue weighted by atomic mass is 10.2. The Kier molecular flexibility index (Phi) is 7.85. The van der Waals surface area contributed by atoms with Crippen molar-refractivity contribution in [1.82, 2.24) is 9.55 Å². The molecule has 1 amide bonds. The lowest BCUT2D eigenvalue weighted by Gasteiger charge is -2.14. The third-order valence-corrected chi connectivity index (χ3v) is 8.23. The molecule has 3 aromatic carbocycles. The molecule has 0 atom stereocenters. The van der Waals surface area contributed by atoms with Crippen LogP contribution in [-0.2, 0) is 14.8 Å². The maximum Gasteiger partial charge on any atom is 0.266 e. The quantitative estimate of drug-likeness (QED) is 0.174. The molecule has 35 heavy (non-hydrogen) atoms. The molecule has 0 unspecified atom stereocenters. The molecule has 8 nitrogen and oxygen atoms in total. The minimum absolute atomic E-state index is 0.0160. The second kappa shape index (κ2) is 10.5. The summed E-state index contributed by atoms with van der Waals surface area (Å²) < 4.78 is 26.4. The van der Waals surface area contributed by atoms with E-state index in [9.17, 15) is 18.0 Å². The predicted molar refractivity (Wildman–Crippen MR) is 155 cm³/mol. The molecule has 1 heterocycles. The van der Waals surface area contributed by atoms with Crippen molar-refractivity contribution in [2.75, 3.05) is 11.1 Å². The fraction of sp³-hybridized carbons (Fsp3) is 0.0870. The standard InChI is InChI=1S/C23H18I2N4O4S2/c1-13-3-2-4-15(9-13)27-20(30)12-34-23-28-21-18(10-14(24)11-19(21)25)22(31)29(23)16-5-7-17(8-6-16)35(26,32)33/h2-11H,12H2,1H3,(H,27,30)(H2,26,32,33). The number of aryl methyl sites for hydroxylation is 1. The number of carbonyl (C=O) groups excluding carboxylic acids is 1. The average molecular weight is 732 g/mol. The van der Waals surface area contributed by atoms with Gasteiger partial charge < -0.3 is 5.32 Å². The van der Waals surface area contributed by atoms with E-state index >= 15 is 0 Å². The minimum Gasteiger partial charge on any atom is -0.325 e. The van der Waals surface area contributed by atoms with Gasteiger partial charge in [0.05, 0.1) is 27.2 Å². The number of rotatable bonds is 6. The van der Waals surface area contributed by atoms with E-state index < -0.39 is 10.0 Å². The van der Waals surface area contributed by atoms with Crippen molar-refractivity contribution >= 4 is 89.5 Å². The summed E-state index contributed by atoms with van der Waals surface area (Å²) in [4.78, 5) is 30.8. The number of nitrogens with two attached hydrogens (primary N) is 1. The van der Waals surface area contributed by atoms with Crippen molar-refractivity contribution in [3.05, 3.63) is 83.7 Å². The first-order valence-electron chi connectivity index (χ1n) is 10.1. The van der Waals surface area contributed by atoms with Crippen molar-refractivity contribution in [2.24, 2.45) is 5.14 Å². The Bertz CT molecular complexity index is 1620. The first kappa shape index (κ1) is 26.1. The highest BCUT2D eigenvalue weighted by atomic mass is 127. The molecule has 0 bridgehead atoms. The van der Waals surface area contributed by atoms with Gasteiger partial charge in [-0.25, -0.2) is 18.5 Å². The Morgan fingerprint density at radius 1 is 1.11 bits per heavy atom. The van der Waals surface area contributed by atoms with Crippen LogP contribution in [0.2, 0.25) is 0 Å². The molecular formula is C23H18I2N4O4S2. The zero-order chi connectivity index (χ0) is 25.3. The van der Waals surface area contributed by atoms with Crippen molar-refractivity contribution < 1.29 is 13.2 Å². The molecule has 180 valence electrons. The van der Waals surface area contributed by atoms with Crippen molar-refractivity contribution in [1.29, 1.82) is 0 Å². The smallest absolute Gasteiger partial charge is 0.266 e. The lowest BCUT2D eigenvalue weighted by molar-refractivity contribution is -0.113. The number of hydrogen-bond acceptors (Lipinski definition) is 6. The molecule has 0 saturated carbocycles. The Labute approximate surface area is 233 Å². The number of hydrogen-bond donors (Lipinski definition) is 2. The molecule has 1 aromatic heterocycles. The average Bonchev–Trinajstić information content (AvgIpc) is 2.78. The van der Waals surface area contributed by atoms with Crippen molar-refractivity contribution in [3.8, 4) is 5.69 Å². The Balaban J connectivity index is 1.76. The summed E-state index contributed by atoms with van der Waals surface area (Å²) in [5, 5.41) is 8.79. The van der Waals surface area contributed by atoms with E-state index in [1.807, 2.05) is 31.2 Å². The fourth-order valence-electron chi connectivity index (χ4n) is 3.35. The number of amides is 1.